The van der Waals surface area contributed by atoms with E-state index in [0.717, 1.165) is 0 Å². The van der Waals surface area contributed by atoms with E-state index in [9.17, 15) is 0 Å². The Morgan fingerprint density at radius 3 is 2.45 bits per heavy atom. The minimum absolute atomic E-state index is 1.20. The fourth-order valence-electron chi connectivity index (χ4n) is 3.13. The summed E-state index contributed by atoms with van der Waals surface area (Å²) in [5.41, 5.74) is 3.69. The van der Waals surface area contributed by atoms with E-state index in [1.165, 1.54) is 42.3 Å². The molecule has 0 fully saturated rings. The molecule has 0 saturated carbocycles. The lowest BCUT2D eigenvalue weighted by Crippen LogP contribution is -1.73. The van der Waals surface area contributed by atoms with Gasteiger partial charge in [-0.25, -0.2) is 0 Å². The molecule has 0 amide bonds. The second-order valence-corrected chi connectivity index (χ2v) is 6.66. The third kappa shape index (κ3) is 1.71. The van der Waals surface area contributed by atoms with Crippen molar-refractivity contribution < 1.29 is 0 Å². The first-order valence-corrected chi connectivity index (χ1v) is 8.19. The first-order chi connectivity index (χ1) is 10.9. The number of H-pyrrole nitrogens is 1. The number of nitrogens with one attached hydrogen (secondary N) is 1. The molecule has 5 aromatic rings. The molecule has 0 bridgehead atoms. The monoisotopic (exact) mass is 299 g/mol. The van der Waals surface area contributed by atoms with Crippen LogP contribution >= 0.6 is 11.3 Å². The highest BCUT2D eigenvalue weighted by molar-refractivity contribution is 7.22. The Hall–Kier alpha value is -2.58. The first-order valence-electron chi connectivity index (χ1n) is 7.38. The molecule has 2 heterocycles. The van der Waals surface area contributed by atoms with E-state index in [2.05, 4.69) is 77.8 Å². The van der Waals surface area contributed by atoms with Crippen LogP contribution in [0, 0.1) is 0 Å². The number of aromatic amines is 1. The van der Waals surface area contributed by atoms with Gasteiger partial charge >= 0.3 is 0 Å². The average molecular weight is 299 g/mol. The van der Waals surface area contributed by atoms with Crippen LogP contribution in [0.15, 0.2) is 72.8 Å². The standard InChI is InChI=1S/C20H13NS/c1-4-8-19-13(5-1)12-20(22-19)14-9-10-18-16(11-14)15-6-2-3-7-17(15)21-18/h1-12,21H. The number of hydrogen-bond donors (Lipinski definition) is 1. The van der Waals surface area contributed by atoms with Crippen LogP contribution in [0.4, 0.5) is 0 Å². The van der Waals surface area contributed by atoms with Crippen LogP contribution < -0.4 is 0 Å². The van der Waals surface area contributed by atoms with E-state index in [4.69, 9.17) is 0 Å². The highest BCUT2D eigenvalue weighted by Crippen LogP contribution is 2.36. The zero-order valence-corrected chi connectivity index (χ0v) is 12.7. The number of benzene rings is 3. The van der Waals surface area contributed by atoms with Gasteiger partial charge in [-0.2, -0.15) is 0 Å². The van der Waals surface area contributed by atoms with Crippen LogP contribution in [0.5, 0.6) is 0 Å². The summed E-state index contributed by atoms with van der Waals surface area (Å²) >= 11 is 1.86. The molecule has 0 aliphatic rings. The van der Waals surface area contributed by atoms with E-state index < -0.39 is 0 Å². The SMILES string of the molecule is c1ccc2sc(-c3ccc4[nH]c5ccccc5c4c3)cc2c1. The van der Waals surface area contributed by atoms with E-state index in [-0.39, 0.29) is 0 Å². The van der Waals surface area contributed by atoms with Gasteiger partial charge in [0.1, 0.15) is 0 Å². The van der Waals surface area contributed by atoms with Gasteiger partial charge in [-0.3, -0.25) is 0 Å². The van der Waals surface area contributed by atoms with Gasteiger partial charge in [0.25, 0.3) is 0 Å². The molecular weight excluding hydrogens is 286 g/mol. The summed E-state index contributed by atoms with van der Waals surface area (Å²) in [4.78, 5) is 4.81. The molecule has 2 heteroatoms. The predicted octanol–water partition coefficient (Wildman–Crippen LogP) is 6.20. The van der Waals surface area contributed by atoms with Crippen LogP contribution in [0.1, 0.15) is 0 Å². The molecule has 1 nitrogen and oxygen atoms in total. The van der Waals surface area contributed by atoms with Crippen molar-refractivity contribution in [2.75, 3.05) is 0 Å². The first kappa shape index (κ1) is 12.0. The van der Waals surface area contributed by atoms with Crippen molar-refractivity contribution in [2.24, 2.45) is 0 Å². The lowest BCUT2D eigenvalue weighted by Gasteiger charge is -1.98. The van der Waals surface area contributed by atoms with Crippen LogP contribution in [-0.2, 0) is 0 Å². The number of thiophene rings is 1. The number of aromatic nitrogens is 1. The van der Waals surface area contributed by atoms with E-state index >= 15 is 0 Å². The smallest absolute Gasteiger partial charge is 0.0465 e. The maximum absolute atomic E-state index is 3.49. The van der Waals surface area contributed by atoms with Crippen molar-refractivity contribution in [2.45, 2.75) is 0 Å². The van der Waals surface area contributed by atoms with Gasteiger partial charge < -0.3 is 4.98 Å². The summed E-state index contributed by atoms with van der Waals surface area (Å²) in [6.45, 7) is 0. The van der Waals surface area contributed by atoms with Crippen molar-refractivity contribution >= 4 is 43.2 Å². The molecule has 1 N–H and O–H groups in total. The van der Waals surface area contributed by atoms with Crippen molar-refractivity contribution in [3.05, 3.63) is 72.8 Å². The van der Waals surface area contributed by atoms with Gasteiger partial charge in [-0.15, -0.1) is 11.3 Å². The van der Waals surface area contributed by atoms with Crippen LogP contribution in [0.3, 0.4) is 0 Å². The molecule has 0 saturated heterocycles. The Labute approximate surface area is 131 Å². The van der Waals surface area contributed by atoms with Crippen LogP contribution in [0.25, 0.3) is 42.3 Å². The number of fused-ring (bicyclic) bond motifs is 4. The van der Waals surface area contributed by atoms with Crippen molar-refractivity contribution in [1.82, 2.24) is 4.98 Å². The van der Waals surface area contributed by atoms with E-state index in [1.54, 1.807) is 0 Å². The summed E-state index contributed by atoms with van der Waals surface area (Å²) in [6.07, 6.45) is 0. The maximum atomic E-state index is 3.49. The molecule has 0 unspecified atom stereocenters. The molecular formula is C20H13NS. The second-order valence-electron chi connectivity index (χ2n) is 5.58. The third-order valence-electron chi connectivity index (χ3n) is 4.22. The summed E-state index contributed by atoms with van der Waals surface area (Å²) in [7, 11) is 0. The van der Waals surface area contributed by atoms with Crippen LogP contribution in [0.2, 0.25) is 0 Å². The summed E-state index contributed by atoms with van der Waals surface area (Å²) in [6, 6.07) is 26.1. The minimum atomic E-state index is 1.20. The normalized spacial score (nSPS) is 11.6. The topological polar surface area (TPSA) is 15.8 Å². The lowest BCUT2D eigenvalue weighted by molar-refractivity contribution is 1.55. The molecule has 22 heavy (non-hydrogen) atoms. The van der Waals surface area contributed by atoms with Crippen molar-refractivity contribution in [3.63, 3.8) is 0 Å². The lowest BCUT2D eigenvalue weighted by atomic mass is 10.1. The highest BCUT2D eigenvalue weighted by Gasteiger charge is 2.08. The Morgan fingerprint density at radius 1 is 0.682 bits per heavy atom. The Balaban J connectivity index is 1.78. The summed E-state index contributed by atoms with van der Waals surface area (Å²) in [5, 5.41) is 3.91. The quantitative estimate of drug-likeness (QED) is 0.379. The Bertz CT molecular complexity index is 1100. The fourth-order valence-corrected chi connectivity index (χ4v) is 4.18. The molecule has 0 aliphatic heterocycles. The number of rotatable bonds is 1. The molecule has 104 valence electrons. The third-order valence-corrected chi connectivity index (χ3v) is 5.38. The van der Waals surface area contributed by atoms with Gasteiger partial charge in [0, 0.05) is 31.4 Å². The molecule has 0 radical (unpaired) electrons. The van der Waals surface area contributed by atoms with Gasteiger partial charge in [-0.05, 0) is 41.3 Å². The number of para-hydroxylation sites is 1. The zero-order valence-electron chi connectivity index (χ0n) is 11.8. The predicted molar refractivity (Wildman–Crippen MR) is 96.6 cm³/mol. The summed E-state index contributed by atoms with van der Waals surface area (Å²) < 4.78 is 1.34. The highest BCUT2D eigenvalue weighted by atomic mass is 32.1. The van der Waals surface area contributed by atoms with Gasteiger partial charge in [0.05, 0.1) is 0 Å². The largest absolute Gasteiger partial charge is 0.355 e. The zero-order chi connectivity index (χ0) is 14.5. The average Bonchev–Trinajstić information content (AvgIpc) is 3.15. The van der Waals surface area contributed by atoms with Gasteiger partial charge in [0.15, 0.2) is 0 Å². The number of hydrogen-bond acceptors (Lipinski definition) is 1. The molecule has 5 rings (SSSR count). The van der Waals surface area contributed by atoms with Crippen molar-refractivity contribution in [3.8, 4) is 10.4 Å². The fraction of sp³-hybridized carbons (Fsp3) is 0. The van der Waals surface area contributed by atoms with Gasteiger partial charge in [0.2, 0.25) is 0 Å². The molecule has 0 atom stereocenters. The van der Waals surface area contributed by atoms with E-state index in [0.29, 0.717) is 0 Å². The molecule has 3 aromatic carbocycles. The Morgan fingerprint density at radius 2 is 1.50 bits per heavy atom. The molecule has 2 aromatic heterocycles. The van der Waals surface area contributed by atoms with Gasteiger partial charge in [-0.1, -0.05) is 42.5 Å². The minimum Gasteiger partial charge on any atom is -0.355 e. The molecule has 0 spiro atoms. The second kappa shape index (κ2) is 4.46. The molecule has 0 aliphatic carbocycles. The maximum Gasteiger partial charge on any atom is 0.0465 e. The van der Waals surface area contributed by atoms with E-state index in [1.807, 2.05) is 11.3 Å². The summed E-state index contributed by atoms with van der Waals surface area (Å²) in [5.74, 6) is 0. The van der Waals surface area contributed by atoms with Crippen molar-refractivity contribution in [1.29, 1.82) is 0 Å². The Kier molecular flexibility index (Phi) is 2.43. The van der Waals surface area contributed by atoms with Crippen LogP contribution in [-0.4, -0.2) is 4.98 Å².